The minimum atomic E-state index is -0.599. The molecule has 2 atom stereocenters. The van der Waals surface area contributed by atoms with Gasteiger partial charge in [-0.3, -0.25) is 5.32 Å². The molecule has 3 heterocycles. The van der Waals surface area contributed by atoms with Gasteiger partial charge in [-0.15, -0.1) is 0 Å². The van der Waals surface area contributed by atoms with E-state index in [1.165, 1.54) is 18.2 Å². The van der Waals surface area contributed by atoms with E-state index in [-0.39, 0.29) is 12.6 Å². The molecule has 0 radical (unpaired) electrons. The molecule has 6 rings (SSSR count). The number of likely N-dealkylation sites (tertiary alicyclic amines) is 1. The molecule has 1 fully saturated rings. The standard InChI is InChI=1S/C28H23F2N5O2/c1-34-12-25(26(36)13-34)35-24-8-5-16(10-23(24)33-28(35)32-15-31)9-20-18-3-2-4-22(30)21(18)14-37-27-11-17(29)6-7-19(20)27/h2-11,25-26,36H,12-14H2,1H3,(H,32,33)/b20-9+/t25-,26?/m0/s1. The molecule has 7 nitrogen and oxygen atoms in total. The quantitative estimate of drug-likeness (QED) is 0.318. The zero-order valence-corrected chi connectivity index (χ0v) is 19.9. The van der Waals surface area contributed by atoms with Crippen LogP contribution in [0, 0.1) is 23.1 Å². The average Bonchev–Trinajstić information content (AvgIpc) is 3.34. The van der Waals surface area contributed by atoms with Gasteiger partial charge in [0.05, 0.1) is 23.2 Å². The molecular weight excluding hydrogens is 476 g/mol. The Hall–Kier alpha value is -4.26. The Bertz CT molecular complexity index is 1610. The van der Waals surface area contributed by atoms with Gasteiger partial charge >= 0.3 is 0 Å². The lowest BCUT2D eigenvalue weighted by Gasteiger charge is -2.18. The number of imidazole rings is 1. The van der Waals surface area contributed by atoms with E-state index in [9.17, 15) is 19.1 Å². The lowest BCUT2D eigenvalue weighted by atomic mass is 9.92. The summed E-state index contributed by atoms with van der Waals surface area (Å²) in [6.07, 6.45) is 3.23. The summed E-state index contributed by atoms with van der Waals surface area (Å²) in [6, 6.07) is 14.6. The zero-order chi connectivity index (χ0) is 25.7. The molecule has 0 spiro atoms. The molecule has 0 amide bonds. The van der Waals surface area contributed by atoms with Crippen molar-refractivity contribution in [2.45, 2.75) is 18.8 Å². The highest BCUT2D eigenvalue weighted by atomic mass is 19.1. The van der Waals surface area contributed by atoms with Crippen LogP contribution in [0.5, 0.6) is 5.75 Å². The summed E-state index contributed by atoms with van der Waals surface area (Å²) in [5.41, 5.74) is 4.61. The van der Waals surface area contributed by atoms with Gasteiger partial charge in [-0.2, -0.15) is 5.26 Å². The molecule has 1 saturated heterocycles. The van der Waals surface area contributed by atoms with Gasteiger partial charge in [0, 0.05) is 30.3 Å². The van der Waals surface area contributed by atoms with Crippen molar-refractivity contribution in [1.29, 1.82) is 5.26 Å². The van der Waals surface area contributed by atoms with Gasteiger partial charge in [0.25, 0.3) is 0 Å². The first-order chi connectivity index (χ1) is 17.9. The Morgan fingerprint density at radius 2 is 2.00 bits per heavy atom. The van der Waals surface area contributed by atoms with Crippen LogP contribution in [0.2, 0.25) is 0 Å². The second-order valence-electron chi connectivity index (χ2n) is 9.40. The van der Waals surface area contributed by atoms with Crippen molar-refractivity contribution in [2.75, 3.05) is 25.5 Å². The molecule has 37 heavy (non-hydrogen) atoms. The molecule has 4 aromatic rings. The number of nitrogens with zero attached hydrogens (tertiary/aromatic N) is 4. The molecule has 186 valence electrons. The van der Waals surface area contributed by atoms with Gasteiger partial charge in [-0.05, 0) is 60.2 Å². The number of nitriles is 1. The summed E-state index contributed by atoms with van der Waals surface area (Å²) >= 11 is 0. The predicted octanol–water partition coefficient (Wildman–Crippen LogP) is 4.54. The number of nitrogens with one attached hydrogen (secondary N) is 1. The van der Waals surface area contributed by atoms with Gasteiger partial charge < -0.3 is 19.3 Å². The number of ether oxygens (including phenoxy) is 1. The van der Waals surface area contributed by atoms with Gasteiger partial charge in [0.2, 0.25) is 5.95 Å². The fourth-order valence-electron chi connectivity index (χ4n) is 5.30. The number of fused-ring (bicyclic) bond motifs is 3. The number of aliphatic hydroxyl groups excluding tert-OH is 1. The monoisotopic (exact) mass is 499 g/mol. The lowest BCUT2D eigenvalue weighted by molar-refractivity contribution is 0.148. The number of anilines is 1. The maximum absolute atomic E-state index is 14.8. The van der Waals surface area contributed by atoms with Crippen LogP contribution < -0.4 is 10.1 Å². The third-order valence-corrected chi connectivity index (χ3v) is 6.98. The molecule has 0 aliphatic carbocycles. The summed E-state index contributed by atoms with van der Waals surface area (Å²) in [4.78, 5) is 6.66. The maximum Gasteiger partial charge on any atom is 0.217 e. The van der Waals surface area contributed by atoms with Crippen LogP contribution in [0.3, 0.4) is 0 Å². The molecule has 2 aliphatic heterocycles. The number of likely N-dealkylation sites (N-methyl/N-ethyl adjacent to an activating group) is 1. The van der Waals surface area contributed by atoms with Crippen LogP contribution >= 0.6 is 0 Å². The van der Waals surface area contributed by atoms with Crippen molar-refractivity contribution in [3.05, 3.63) is 88.5 Å². The van der Waals surface area contributed by atoms with E-state index < -0.39 is 17.7 Å². The average molecular weight is 500 g/mol. The smallest absolute Gasteiger partial charge is 0.217 e. The summed E-state index contributed by atoms with van der Waals surface area (Å²) < 4.78 is 36.4. The van der Waals surface area contributed by atoms with E-state index in [0.29, 0.717) is 52.6 Å². The van der Waals surface area contributed by atoms with Crippen LogP contribution in [0.15, 0.2) is 54.6 Å². The molecule has 1 unspecified atom stereocenters. The van der Waals surface area contributed by atoms with Gasteiger partial charge in [-0.1, -0.05) is 18.2 Å². The Morgan fingerprint density at radius 1 is 1.14 bits per heavy atom. The first kappa shape index (κ1) is 23.2. The highest BCUT2D eigenvalue weighted by molar-refractivity contribution is 5.96. The predicted molar refractivity (Wildman–Crippen MR) is 136 cm³/mol. The van der Waals surface area contributed by atoms with E-state index in [0.717, 1.165) is 11.1 Å². The third-order valence-electron chi connectivity index (χ3n) is 6.98. The fraction of sp³-hybridized carbons (Fsp3) is 0.214. The van der Waals surface area contributed by atoms with Crippen molar-refractivity contribution in [2.24, 2.45) is 0 Å². The SMILES string of the molecule is CN1CC(O)[C@@H](n2c(NC#N)nc3cc(/C=C4/c5ccc(F)cc5OCc5c(F)cccc54)ccc32)C1. The molecular formula is C28H23F2N5O2. The highest BCUT2D eigenvalue weighted by Gasteiger charge is 2.33. The number of β-amino-alcohol motifs (C(OH)–C–C–N with tert-alkyl or cyclic N) is 1. The van der Waals surface area contributed by atoms with Crippen LogP contribution in [0.25, 0.3) is 22.7 Å². The molecule has 2 N–H and O–H groups in total. The Balaban J connectivity index is 1.51. The number of halogens is 2. The first-order valence-corrected chi connectivity index (χ1v) is 11.9. The van der Waals surface area contributed by atoms with E-state index >= 15 is 0 Å². The molecule has 0 saturated carbocycles. The van der Waals surface area contributed by atoms with Crippen molar-refractivity contribution in [3.63, 3.8) is 0 Å². The van der Waals surface area contributed by atoms with Crippen molar-refractivity contribution >= 4 is 28.6 Å². The largest absolute Gasteiger partial charge is 0.488 e. The first-order valence-electron chi connectivity index (χ1n) is 11.9. The Morgan fingerprint density at radius 3 is 2.78 bits per heavy atom. The van der Waals surface area contributed by atoms with E-state index in [1.807, 2.05) is 53.0 Å². The zero-order valence-electron chi connectivity index (χ0n) is 19.9. The van der Waals surface area contributed by atoms with Crippen LogP contribution in [0.1, 0.15) is 28.3 Å². The van der Waals surface area contributed by atoms with Crippen molar-refractivity contribution in [3.8, 4) is 11.9 Å². The number of aliphatic hydroxyl groups is 1. The lowest BCUT2D eigenvalue weighted by Crippen LogP contribution is -2.23. The minimum absolute atomic E-state index is 0.0133. The molecule has 9 heteroatoms. The normalized spacial score (nSPS) is 20.2. The Kier molecular flexibility index (Phi) is 5.63. The number of aromatic nitrogens is 2. The maximum atomic E-state index is 14.8. The topological polar surface area (TPSA) is 86.3 Å². The summed E-state index contributed by atoms with van der Waals surface area (Å²) in [7, 11) is 1.94. The highest BCUT2D eigenvalue weighted by Crippen LogP contribution is 2.39. The van der Waals surface area contributed by atoms with Gasteiger partial charge in [-0.25, -0.2) is 13.8 Å². The van der Waals surface area contributed by atoms with E-state index in [4.69, 9.17) is 4.74 Å². The van der Waals surface area contributed by atoms with Crippen LogP contribution in [0.4, 0.5) is 14.7 Å². The minimum Gasteiger partial charge on any atom is -0.488 e. The fourth-order valence-corrected chi connectivity index (χ4v) is 5.30. The number of rotatable bonds is 3. The number of hydrogen-bond acceptors (Lipinski definition) is 6. The summed E-state index contributed by atoms with van der Waals surface area (Å²) in [5.74, 6) is -0.128. The number of benzene rings is 3. The van der Waals surface area contributed by atoms with Gasteiger partial charge in [0.15, 0.2) is 6.19 Å². The van der Waals surface area contributed by atoms with Crippen LogP contribution in [-0.2, 0) is 6.61 Å². The molecule has 0 bridgehead atoms. The molecule has 1 aromatic heterocycles. The van der Waals surface area contributed by atoms with Crippen LogP contribution in [-0.4, -0.2) is 45.8 Å². The second-order valence-corrected chi connectivity index (χ2v) is 9.40. The van der Waals surface area contributed by atoms with E-state index in [1.54, 1.807) is 12.1 Å². The summed E-state index contributed by atoms with van der Waals surface area (Å²) in [6.45, 7) is 1.13. The third kappa shape index (κ3) is 4.00. The molecule has 3 aromatic carbocycles. The number of hydrogen-bond donors (Lipinski definition) is 2. The van der Waals surface area contributed by atoms with E-state index in [2.05, 4.69) is 10.3 Å². The summed E-state index contributed by atoms with van der Waals surface area (Å²) in [5, 5.41) is 22.6. The van der Waals surface area contributed by atoms with Gasteiger partial charge in [0.1, 0.15) is 24.0 Å². The molecule has 2 aliphatic rings. The van der Waals surface area contributed by atoms with Crippen molar-refractivity contribution < 1.29 is 18.6 Å². The second kappa shape index (κ2) is 9.00. The Labute approximate surface area is 211 Å². The van der Waals surface area contributed by atoms with Crippen molar-refractivity contribution in [1.82, 2.24) is 14.5 Å².